The monoisotopic (exact) mass is 108 g/mol. The van der Waals surface area contributed by atoms with Gasteiger partial charge in [-0.2, -0.15) is 0 Å². The largest absolute Gasteiger partial charge is 0.130 e. The first-order chi connectivity index (χ1) is 3.71. The fourth-order valence-corrected chi connectivity index (χ4v) is 0.837. The van der Waals surface area contributed by atoms with Crippen LogP contribution in [-0.4, -0.2) is 0 Å². The van der Waals surface area contributed by atoms with Gasteiger partial charge in [0.25, 0.3) is 0 Å². The van der Waals surface area contributed by atoms with Gasteiger partial charge in [0, 0.05) is 0 Å². The number of allylic oxidation sites excluding steroid dienone is 1. The van der Waals surface area contributed by atoms with Crippen molar-refractivity contribution in [3.63, 3.8) is 0 Å². The third-order valence-corrected chi connectivity index (χ3v) is 1.54. The highest BCUT2D eigenvalue weighted by atomic mass is 14.2. The van der Waals surface area contributed by atoms with Gasteiger partial charge in [0.1, 0.15) is 0 Å². The molecule has 0 atom stereocenters. The van der Waals surface area contributed by atoms with Crippen LogP contribution in [0.25, 0.3) is 0 Å². The lowest BCUT2D eigenvalue weighted by molar-refractivity contribution is 0.372. The molecule has 0 aliphatic heterocycles. The third-order valence-electron chi connectivity index (χ3n) is 1.54. The standard InChI is InChI=1S/C8H12/c1-8(2)6-4-3-5-7-8/h4-5H,6-7H2,1-2H3. The van der Waals surface area contributed by atoms with Crippen molar-refractivity contribution in [2.75, 3.05) is 0 Å². The summed E-state index contributed by atoms with van der Waals surface area (Å²) < 4.78 is 0. The summed E-state index contributed by atoms with van der Waals surface area (Å²) >= 11 is 0. The van der Waals surface area contributed by atoms with Gasteiger partial charge >= 0.3 is 0 Å². The highest BCUT2D eigenvalue weighted by Gasteiger charge is 2.14. The topological polar surface area (TPSA) is 0 Å². The molecule has 8 heavy (non-hydrogen) atoms. The second-order valence-electron chi connectivity index (χ2n) is 3.15. The fourth-order valence-electron chi connectivity index (χ4n) is 0.837. The molecule has 0 aromatic heterocycles. The molecule has 0 radical (unpaired) electrons. The van der Waals surface area contributed by atoms with Crippen LogP contribution in [0.3, 0.4) is 0 Å². The summed E-state index contributed by atoms with van der Waals surface area (Å²) in [7, 11) is 0. The molecular formula is C8H12. The molecule has 44 valence electrons. The van der Waals surface area contributed by atoms with Gasteiger partial charge in [0.15, 0.2) is 0 Å². The molecule has 0 amide bonds. The van der Waals surface area contributed by atoms with Crippen LogP contribution in [0, 0.1) is 5.41 Å². The van der Waals surface area contributed by atoms with Gasteiger partial charge in [-0.05, 0) is 30.4 Å². The summed E-state index contributed by atoms with van der Waals surface area (Å²) in [4.78, 5) is 0. The van der Waals surface area contributed by atoms with Gasteiger partial charge in [-0.3, -0.25) is 0 Å². The molecular weight excluding hydrogens is 96.1 g/mol. The summed E-state index contributed by atoms with van der Waals surface area (Å²) in [5.74, 6) is 0. The molecule has 1 aliphatic rings. The lowest BCUT2D eigenvalue weighted by Gasteiger charge is -2.21. The zero-order valence-corrected chi connectivity index (χ0v) is 5.57. The summed E-state index contributed by atoms with van der Waals surface area (Å²) in [5, 5.41) is 0. The van der Waals surface area contributed by atoms with Gasteiger partial charge in [-0.25, -0.2) is 0 Å². The van der Waals surface area contributed by atoms with E-state index in [0.717, 1.165) is 0 Å². The molecule has 0 unspecified atom stereocenters. The normalized spacial score (nSPS) is 23.8. The van der Waals surface area contributed by atoms with Crippen LogP contribution in [0.1, 0.15) is 26.7 Å². The fraction of sp³-hybridized carbons (Fsp3) is 0.625. The molecule has 0 aromatic carbocycles. The van der Waals surface area contributed by atoms with Crippen LogP contribution in [-0.2, 0) is 0 Å². The Kier molecular flexibility index (Phi) is 1.27. The zero-order valence-electron chi connectivity index (χ0n) is 5.57. The second-order valence-corrected chi connectivity index (χ2v) is 3.15. The average Bonchev–Trinajstić information content (AvgIpc) is 1.65. The van der Waals surface area contributed by atoms with Crippen molar-refractivity contribution in [2.45, 2.75) is 26.7 Å². The molecule has 0 saturated heterocycles. The first-order valence-corrected chi connectivity index (χ1v) is 3.10. The van der Waals surface area contributed by atoms with Crippen molar-refractivity contribution < 1.29 is 0 Å². The molecule has 0 fully saturated rings. The van der Waals surface area contributed by atoms with E-state index < -0.39 is 0 Å². The highest BCUT2D eigenvalue weighted by molar-refractivity contribution is 4.97. The van der Waals surface area contributed by atoms with Crippen LogP contribution >= 0.6 is 0 Å². The van der Waals surface area contributed by atoms with Crippen molar-refractivity contribution in [1.29, 1.82) is 0 Å². The maximum atomic E-state index is 3.09. The molecule has 0 aromatic rings. The van der Waals surface area contributed by atoms with E-state index in [2.05, 4.69) is 31.7 Å². The smallest absolute Gasteiger partial charge is 0.0220 e. The predicted molar refractivity (Wildman–Crippen MR) is 35.7 cm³/mol. The molecule has 0 saturated carbocycles. The van der Waals surface area contributed by atoms with Gasteiger partial charge in [-0.15, -0.1) is 5.73 Å². The lowest BCUT2D eigenvalue weighted by atomic mass is 9.84. The van der Waals surface area contributed by atoms with Gasteiger partial charge < -0.3 is 0 Å². The molecule has 0 nitrogen and oxygen atoms in total. The summed E-state index contributed by atoms with van der Waals surface area (Å²) in [6.07, 6.45) is 6.60. The third kappa shape index (κ3) is 1.24. The van der Waals surface area contributed by atoms with Crippen LogP contribution in [0.2, 0.25) is 0 Å². The number of hydrogen-bond acceptors (Lipinski definition) is 0. The van der Waals surface area contributed by atoms with E-state index in [1.54, 1.807) is 0 Å². The minimum absolute atomic E-state index is 0.505. The Morgan fingerprint density at radius 3 is 2.00 bits per heavy atom. The Labute approximate surface area is 50.9 Å². The van der Waals surface area contributed by atoms with E-state index in [4.69, 9.17) is 0 Å². The maximum Gasteiger partial charge on any atom is -0.0220 e. The van der Waals surface area contributed by atoms with Crippen molar-refractivity contribution in [1.82, 2.24) is 0 Å². The Hall–Kier alpha value is -0.480. The number of hydrogen-bond donors (Lipinski definition) is 0. The molecule has 0 N–H and O–H groups in total. The first kappa shape index (κ1) is 5.65. The SMILES string of the molecule is CC1(C)CC=C=CC1. The van der Waals surface area contributed by atoms with Crippen molar-refractivity contribution >= 4 is 0 Å². The van der Waals surface area contributed by atoms with Gasteiger partial charge in [0.2, 0.25) is 0 Å². The first-order valence-electron chi connectivity index (χ1n) is 3.10. The Morgan fingerprint density at radius 1 is 1.25 bits per heavy atom. The van der Waals surface area contributed by atoms with Crippen LogP contribution in [0.5, 0.6) is 0 Å². The van der Waals surface area contributed by atoms with Crippen LogP contribution in [0.15, 0.2) is 17.9 Å². The molecule has 0 bridgehead atoms. The van der Waals surface area contributed by atoms with Crippen LogP contribution in [0.4, 0.5) is 0 Å². The van der Waals surface area contributed by atoms with E-state index >= 15 is 0 Å². The molecule has 1 aliphatic carbocycles. The minimum atomic E-state index is 0.505. The Morgan fingerprint density at radius 2 is 1.75 bits per heavy atom. The van der Waals surface area contributed by atoms with Crippen molar-refractivity contribution in [2.24, 2.45) is 5.41 Å². The average molecular weight is 108 g/mol. The molecule has 0 spiro atoms. The van der Waals surface area contributed by atoms with E-state index in [1.165, 1.54) is 12.8 Å². The zero-order chi connectivity index (χ0) is 6.04. The molecule has 0 heterocycles. The van der Waals surface area contributed by atoms with E-state index in [0.29, 0.717) is 5.41 Å². The Balaban J connectivity index is 2.62. The van der Waals surface area contributed by atoms with E-state index in [1.807, 2.05) is 0 Å². The van der Waals surface area contributed by atoms with Crippen molar-refractivity contribution in [3.8, 4) is 0 Å². The summed E-state index contributed by atoms with van der Waals surface area (Å²) in [6.45, 7) is 4.56. The van der Waals surface area contributed by atoms with E-state index in [-0.39, 0.29) is 0 Å². The van der Waals surface area contributed by atoms with E-state index in [9.17, 15) is 0 Å². The van der Waals surface area contributed by atoms with Gasteiger partial charge in [0.05, 0.1) is 0 Å². The minimum Gasteiger partial charge on any atom is -0.130 e. The molecule has 1 rings (SSSR count). The predicted octanol–water partition coefficient (Wildman–Crippen LogP) is 2.52. The second kappa shape index (κ2) is 1.80. The molecule has 0 heteroatoms. The number of rotatable bonds is 0. The van der Waals surface area contributed by atoms with Crippen molar-refractivity contribution in [3.05, 3.63) is 17.9 Å². The Bertz CT molecular complexity index is 122. The van der Waals surface area contributed by atoms with Crippen LogP contribution < -0.4 is 0 Å². The van der Waals surface area contributed by atoms with Gasteiger partial charge in [-0.1, -0.05) is 13.8 Å². The summed E-state index contributed by atoms with van der Waals surface area (Å²) in [5.41, 5.74) is 3.60. The highest BCUT2D eigenvalue weighted by Crippen LogP contribution is 2.27. The maximum absolute atomic E-state index is 3.09. The lowest BCUT2D eigenvalue weighted by Crippen LogP contribution is -2.09. The summed E-state index contributed by atoms with van der Waals surface area (Å²) in [6, 6.07) is 0. The quantitative estimate of drug-likeness (QED) is 0.418.